The number of phenolic OH excluding ortho intramolecular Hbond substituents is 1. The van der Waals surface area contributed by atoms with Crippen LogP contribution in [-0.4, -0.2) is 47.5 Å². The molecule has 1 aliphatic rings. The fourth-order valence-electron chi connectivity index (χ4n) is 4.74. The van der Waals surface area contributed by atoms with E-state index in [1.165, 1.54) is 12.1 Å². The fraction of sp³-hybridized carbons (Fsp3) is 0.385. The molecule has 2 N–H and O–H groups in total. The van der Waals surface area contributed by atoms with Crippen LogP contribution < -0.4 is 5.32 Å². The number of aromatic hydroxyl groups is 1. The van der Waals surface area contributed by atoms with Gasteiger partial charge in [-0.25, -0.2) is 4.39 Å². The highest BCUT2D eigenvalue weighted by Crippen LogP contribution is 2.36. The van der Waals surface area contributed by atoms with E-state index in [2.05, 4.69) is 29.3 Å². The maximum Gasteiger partial charge on any atom is 0.170 e. The Bertz CT molecular complexity index is 1170. The molecule has 1 aliphatic carbocycles. The number of fused-ring (bicyclic) bond motifs is 1. The smallest absolute Gasteiger partial charge is 0.170 e. The Hall–Kier alpha value is -2.70. The molecule has 0 spiro atoms. The molecule has 1 aromatic heterocycles. The predicted octanol–water partition coefficient (Wildman–Crippen LogP) is 6.13. The highest BCUT2D eigenvalue weighted by atomic mass is 35.5. The Kier molecular flexibility index (Phi) is 6.86. The van der Waals surface area contributed by atoms with Crippen molar-refractivity contribution in [2.45, 2.75) is 38.6 Å². The first-order valence-corrected chi connectivity index (χ1v) is 11.6. The monoisotopic (exact) mass is 469 g/mol. The summed E-state index contributed by atoms with van der Waals surface area (Å²) in [5, 5.41) is 14.1. The average molecular weight is 470 g/mol. The van der Waals surface area contributed by atoms with Crippen LogP contribution in [0.15, 0.2) is 36.5 Å². The van der Waals surface area contributed by atoms with E-state index in [1.807, 2.05) is 18.2 Å². The molecule has 33 heavy (non-hydrogen) atoms. The molecule has 1 heterocycles. The SMILES string of the molecule is CC(=O)c1cnc2ccc(-c3cc(F)c(O)c(Cl)c3)cc2c1N[C@H]1CC[C@H](CN(C)C)CC1. The number of anilines is 1. The molecule has 0 bridgehead atoms. The molecular weight excluding hydrogens is 441 g/mol. The number of nitrogens with one attached hydrogen (secondary N) is 1. The van der Waals surface area contributed by atoms with E-state index < -0.39 is 11.6 Å². The molecule has 1 fully saturated rings. The third-order valence-electron chi connectivity index (χ3n) is 6.42. The first kappa shape index (κ1) is 23.5. The second-order valence-corrected chi connectivity index (χ2v) is 9.65. The van der Waals surface area contributed by atoms with Gasteiger partial charge in [0, 0.05) is 24.2 Å². The van der Waals surface area contributed by atoms with Gasteiger partial charge in [0.1, 0.15) is 0 Å². The average Bonchev–Trinajstić information content (AvgIpc) is 2.77. The lowest BCUT2D eigenvalue weighted by molar-refractivity contribution is 0.101. The molecule has 0 aliphatic heterocycles. The van der Waals surface area contributed by atoms with Gasteiger partial charge in [-0.1, -0.05) is 17.7 Å². The molecule has 0 atom stereocenters. The lowest BCUT2D eigenvalue weighted by Crippen LogP contribution is -2.31. The second-order valence-electron chi connectivity index (χ2n) is 9.25. The zero-order valence-corrected chi connectivity index (χ0v) is 19.9. The number of ketones is 1. The summed E-state index contributed by atoms with van der Waals surface area (Å²) in [5.74, 6) is -0.701. The van der Waals surface area contributed by atoms with Gasteiger partial charge in [0.25, 0.3) is 0 Å². The number of phenols is 1. The van der Waals surface area contributed by atoms with Crippen LogP contribution in [0.1, 0.15) is 43.0 Å². The number of carbonyl (C=O) groups excluding carboxylic acids is 1. The topological polar surface area (TPSA) is 65.5 Å². The summed E-state index contributed by atoms with van der Waals surface area (Å²) in [4.78, 5) is 19.1. The molecule has 7 heteroatoms. The summed E-state index contributed by atoms with van der Waals surface area (Å²) in [6.07, 6.45) is 5.99. The molecule has 5 nitrogen and oxygen atoms in total. The number of benzene rings is 2. The number of Topliss-reactive ketones (excluding diaryl/α,β-unsaturated/α-hetero) is 1. The third-order valence-corrected chi connectivity index (χ3v) is 6.70. The van der Waals surface area contributed by atoms with Crippen molar-refractivity contribution in [2.24, 2.45) is 5.92 Å². The van der Waals surface area contributed by atoms with Crippen LogP contribution in [0, 0.1) is 11.7 Å². The Morgan fingerprint density at radius 3 is 2.55 bits per heavy atom. The highest BCUT2D eigenvalue weighted by Gasteiger charge is 2.24. The summed E-state index contributed by atoms with van der Waals surface area (Å²) < 4.78 is 14.1. The number of hydrogen-bond donors (Lipinski definition) is 2. The van der Waals surface area contributed by atoms with Gasteiger partial charge in [-0.2, -0.15) is 0 Å². The van der Waals surface area contributed by atoms with Crippen LogP contribution >= 0.6 is 11.6 Å². The summed E-state index contributed by atoms with van der Waals surface area (Å²) in [6.45, 7) is 2.64. The number of halogens is 2. The van der Waals surface area contributed by atoms with Crippen LogP contribution in [0.4, 0.5) is 10.1 Å². The van der Waals surface area contributed by atoms with Crippen molar-refractivity contribution in [3.05, 3.63) is 52.9 Å². The molecule has 2 aromatic carbocycles. The van der Waals surface area contributed by atoms with Gasteiger partial charge in [0.2, 0.25) is 0 Å². The van der Waals surface area contributed by atoms with Crippen molar-refractivity contribution in [1.82, 2.24) is 9.88 Å². The Balaban J connectivity index is 1.71. The molecule has 3 aromatic rings. The van der Waals surface area contributed by atoms with Crippen molar-refractivity contribution in [3.63, 3.8) is 0 Å². The maximum absolute atomic E-state index is 14.1. The molecule has 174 valence electrons. The van der Waals surface area contributed by atoms with E-state index in [4.69, 9.17) is 11.6 Å². The predicted molar refractivity (Wildman–Crippen MR) is 132 cm³/mol. The minimum Gasteiger partial charge on any atom is -0.504 e. The number of nitrogens with zero attached hydrogens (tertiary/aromatic N) is 2. The highest BCUT2D eigenvalue weighted by molar-refractivity contribution is 6.32. The Labute approximate surface area is 198 Å². The molecule has 1 saturated carbocycles. The van der Waals surface area contributed by atoms with Crippen molar-refractivity contribution in [1.29, 1.82) is 0 Å². The van der Waals surface area contributed by atoms with Crippen molar-refractivity contribution >= 4 is 34.0 Å². The van der Waals surface area contributed by atoms with E-state index >= 15 is 0 Å². The van der Waals surface area contributed by atoms with Crippen molar-refractivity contribution in [3.8, 4) is 16.9 Å². The van der Waals surface area contributed by atoms with E-state index in [9.17, 15) is 14.3 Å². The van der Waals surface area contributed by atoms with Crippen LogP contribution in [0.25, 0.3) is 22.0 Å². The van der Waals surface area contributed by atoms with Crippen molar-refractivity contribution < 1.29 is 14.3 Å². The van der Waals surface area contributed by atoms with Crippen molar-refractivity contribution in [2.75, 3.05) is 26.0 Å². The molecule has 0 unspecified atom stereocenters. The first-order chi connectivity index (χ1) is 15.7. The lowest BCUT2D eigenvalue weighted by Gasteiger charge is -2.32. The van der Waals surface area contributed by atoms with Crippen LogP contribution in [0.2, 0.25) is 5.02 Å². The van der Waals surface area contributed by atoms with E-state index in [0.717, 1.165) is 54.4 Å². The molecule has 0 amide bonds. The maximum atomic E-state index is 14.1. The van der Waals surface area contributed by atoms with Gasteiger partial charge < -0.3 is 15.3 Å². The Morgan fingerprint density at radius 1 is 1.18 bits per heavy atom. The van der Waals surface area contributed by atoms with Crippen LogP contribution in [-0.2, 0) is 0 Å². The first-order valence-electron chi connectivity index (χ1n) is 11.3. The largest absolute Gasteiger partial charge is 0.504 e. The Morgan fingerprint density at radius 2 is 1.91 bits per heavy atom. The van der Waals surface area contributed by atoms with Crippen LogP contribution in [0.5, 0.6) is 5.75 Å². The fourth-order valence-corrected chi connectivity index (χ4v) is 4.94. The zero-order chi connectivity index (χ0) is 23.7. The van der Waals surface area contributed by atoms with E-state index in [1.54, 1.807) is 13.1 Å². The minimum atomic E-state index is -0.777. The molecule has 0 radical (unpaired) electrons. The van der Waals surface area contributed by atoms with Gasteiger partial charge in [0.05, 0.1) is 21.8 Å². The van der Waals surface area contributed by atoms with Gasteiger partial charge in [-0.15, -0.1) is 0 Å². The van der Waals surface area contributed by atoms with Gasteiger partial charge in [0.15, 0.2) is 17.3 Å². The van der Waals surface area contributed by atoms with Gasteiger partial charge >= 0.3 is 0 Å². The summed E-state index contributed by atoms with van der Waals surface area (Å²) in [5.41, 5.74) is 3.34. The molecule has 4 rings (SSSR count). The van der Waals surface area contributed by atoms with Gasteiger partial charge in [-0.3, -0.25) is 9.78 Å². The summed E-state index contributed by atoms with van der Waals surface area (Å²) in [6, 6.07) is 8.65. The quantitative estimate of drug-likeness (QED) is 0.425. The number of hydrogen-bond acceptors (Lipinski definition) is 5. The van der Waals surface area contributed by atoms with Gasteiger partial charge in [-0.05, 0) is 88.0 Å². The number of rotatable bonds is 6. The van der Waals surface area contributed by atoms with E-state index in [-0.39, 0.29) is 16.8 Å². The third kappa shape index (κ3) is 5.12. The number of aromatic nitrogens is 1. The summed E-state index contributed by atoms with van der Waals surface area (Å²) >= 11 is 5.99. The molecule has 0 saturated heterocycles. The number of pyridine rings is 1. The van der Waals surface area contributed by atoms with Crippen LogP contribution in [0.3, 0.4) is 0 Å². The summed E-state index contributed by atoms with van der Waals surface area (Å²) in [7, 11) is 4.22. The standard InChI is InChI=1S/C26H29ClFN3O2/c1-15(32)21-13-29-24-9-6-17(18-11-22(27)26(33)23(28)12-18)10-20(24)25(21)30-19-7-4-16(5-8-19)14-31(2)3/h6,9-13,16,19,33H,4-5,7-8,14H2,1-3H3,(H,29,30)/t16-,19-. The molecular formula is C26H29ClFN3O2. The lowest BCUT2D eigenvalue weighted by atomic mass is 9.85. The minimum absolute atomic E-state index is 0.0476. The van der Waals surface area contributed by atoms with E-state index in [0.29, 0.717) is 17.0 Å². The normalized spacial score (nSPS) is 18.6. The second kappa shape index (κ2) is 9.65. The zero-order valence-electron chi connectivity index (χ0n) is 19.2. The number of carbonyl (C=O) groups is 1.